The van der Waals surface area contributed by atoms with E-state index in [1.807, 2.05) is 31.2 Å². The molecule has 9 nitrogen and oxygen atoms in total. The first-order valence-electron chi connectivity index (χ1n) is 13.0. The molecule has 2 aliphatic rings. The second-order valence-electron chi connectivity index (χ2n) is 9.62. The van der Waals surface area contributed by atoms with Crippen molar-refractivity contribution in [3.05, 3.63) is 72.1 Å². The van der Waals surface area contributed by atoms with E-state index in [1.54, 1.807) is 33.7 Å². The molecule has 2 aromatic heterocycles. The molecular weight excluding hydrogens is 536 g/mol. The van der Waals surface area contributed by atoms with E-state index in [-0.39, 0.29) is 30.2 Å². The van der Waals surface area contributed by atoms with Gasteiger partial charge in [-0.05, 0) is 55.2 Å². The Bertz CT molecular complexity index is 1570. The summed E-state index contributed by atoms with van der Waals surface area (Å²) in [6.07, 6.45) is 6.95. The first-order chi connectivity index (χ1) is 18.9. The van der Waals surface area contributed by atoms with Gasteiger partial charge in [-0.2, -0.15) is 4.31 Å². The molecule has 2 aromatic carbocycles. The van der Waals surface area contributed by atoms with Crippen LogP contribution in [0.3, 0.4) is 0 Å². The van der Waals surface area contributed by atoms with Crippen molar-refractivity contribution >= 4 is 42.6 Å². The van der Waals surface area contributed by atoms with Crippen LogP contribution in [0.15, 0.2) is 65.8 Å². The van der Waals surface area contributed by atoms with Gasteiger partial charge in [0.2, 0.25) is 16.8 Å². The van der Waals surface area contributed by atoms with Gasteiger partial charge in [0.1, 0.15) is 0 Å². The molecule has 11 heteroatoms. The largest absolute Gasteiger partial charge is 0.454 e. The topological polar surface area (TPSA) is 102 Å². The third-order valence-corrected chi connectivity index (χ3v) is 10.2. The van der Waals surface area contributed by atoms with Gasteiger partial charge in [-0.3, -0.25) is 14.7 Å². The minimum Gasteiger partial charge on any atom is -0.454 e. The molecule has 0 saturated carbocycles. The molecule has 0 aliphatic carbocycles. The summed E-state index contributed by atoms with van der Waals surface area (Å²) in [5, 5.41) is 0.512. The van der Waals surface area contributed by atoms with E-state index < -0.39 is 10.0 Å². The van der Waals surface area contributed by atoms with Crippen molar-refractivity contribution in [2.24, 2.45) is 0 Å². The van der Waals surface area contributed by atoms with Crippen LogP contribution in [0.5, 0.6) is 11.5 Å². The standard InChI is InChI=1S/C28H28N4O5S2/c1-2-21-7-3-4-13-32(21)39(34,35)22-10-8-20(9-11-22)27(33)31(17-19-6-5-12-29-16-19)28-30-23-14-24-25(37-18-36-24)15-26(23)38-28/h5-6,8-12,14-16,21H,2-4,7,13,17-18H2,1H3. The predicted molar refractivity (Wildman–Crippen MR) is 149 cm³/mol. The number of carbonyl (C=O) groups is 1. The van der Waals surface area contributed by atoms with Crippen LogP contribution < -0.4 is 14.4 Å². The van der Waals surface area contributed by atoms with E-state index in [9.17, 15) is 13.2 Å². The van der Waals surface area contributed by atoms with E-state index in [0.29, 0.717) is 34.3 Å². The number of ether oxygens (including phenoxy) is 2. The highest BCUT2D eigenvalue weighted by Gasteiger charge is 2.33. The van der Waals surface area contributed by atoms with E-state index >= 15 is 0 Å². The zero-order chi connectivity index (χ0) is 27.0. The average molecular weight is 565 g/mol. The number of carbonyl (C=O) groups excluding carboxylic acids is 1. The van der Waals surface area contributed by atoms with Gasteiger partial charge in [0, 0.05) is 42.7 Å². The highest BCUT2D eigenvalue weighted by atomic mass is 32.2. The van der Waals surface area contributed by atoms with E-state index in [2.05, 4.69) is 4.98 Å². The molecule has 6 rings (SSSR count). The maximum atomic E-state index is 13.9. The Balaban J connectivity index is 1.32. The third kappa shape index (κ3) is 4.97. The molecule has 39 heavy (non-hydrogen) atoms. The minimum absolute atomic E-state index is 0.0104. The van der Waals surface area contributed by atoms with Crippen molar-refractivity contribution in [3.63, 3.8) is 0 Å². The number of benzene rings is 2. The highest BCUT2D eigenvalue weighted by Crippen LogP contribution is 2.40. The molecule has 0 spiro atoms. The van der Waals surface area contributed by atoms with Gasteiger partial charge in [-0.1, -0.05) is 30.7 Å². The fraction of sp³-hybridized carbons (Fsp3) is 0.321. The number of sulfonamides is 1. The van der Waals surface area contributed by atoms with Crippen LogP contribution >= 0.6 is 11.3 Å². The number of thiazole rings is 1. The lowest BCUT2D eigenvalue weighted by atomic mass is 10.0. The molecule has 1 saturated heterocycles. The number of amides is 1. The zero-order valence-electron chi connectivity index (χ0n) is 21.4. The van der Waals surface area contributed by atoms with Gasteiger partial charge in [-0.25, -0.2) is 13.4 Å². The van der Waals surface area contributed by atoms with Gasteiger partial charge in [0.15, 0.2) is 16.6 Å². The Morgan fingerprint density at radius 3 is 2.67 bits per heavy atom. The maximum absolute atomic E-state index is 13.9. The smallest absolute Gasteiger partial charge is 0.260 e. The summed E-state index contributed by atoms with van der Waals surface area (Å²) in [4.78, 5) is 24.6. The molecule has 1 unspecified atom stereocenters. The average Bonchev–Trinajstić information content (AvgIpc) is 3.60. The number of hydrogen-bond donors (Lipinski definition) is 0. The van der Waals surface area contributed by atoms with Crippen LogP contribution in [0.2, 0.25) is 0 Å². The van der Waals surface area contributed by atoms with Crippen LogP contribution in [-0.2, 0) is 16.6 Å². The summed E-state index contributed by atoms with van der Waals surface area (Å²) >= 11 is 1.38. The van der Waals surface area contributed by atoms with Crippen LogP contribution in [0, 0.1) is 0 Å². The number of fused-ring (bicyclic) bond motifs is 2. The summed E-state index contributed by atoms with van der Waals surface area (Å²) in [5.41, 5.74) is 1.92. The Labute approximate surface area is 231 Å². The summed E-state index contributed by atoms with van der Waals surface area (Å²) in [6, 6.07) is 13.6. The van der Waals surface area contributed by atoms with Crippen molar-refractivity contribution in [3.8, 4) is 11.5 Å². The molecule has 1 fully saturated rings. The number of hydrogen-bond acceptors (Lipinski definition) is 8. The van der Waals surface area contributed by atoms with Crippen LogP contribution in [0.1, 0.15) is 48.5 Å². The van der Waals surface area contributed by atoms with E-state index in [0.717, 1.165) is 35.9 Å². The summed E-state index contributed by atoms with van der Waals surface area (Å²) in [5.74, 6) is 0.991. The lowest BCUT2D eigenvalue weighted by Gasteiger charge is -2.34. The Morgan fingerprint density at radius 1 is 1.13 bits per heavy atom. The van der Waals surface area contributed by atoms with Gasteiger partial charge in [0.25, 0.3) is 5.91 Å². The van der Waals surface area contributed by atoms with Crippen LogP contribution in [-0.4, -0.2) is 48.0 Å². The quantitative estimate of drug-likeness (QED) is 0.303. The molecule has 202 valence electrons. The number of pyridine rings is 1. The number of aromatic nitrogens is 2. The summed E-state index contributed by atoms with van der Waals surface area (Å²) < 4.78 is 40.3. The van der Waals surface area contributed by atoms with Crippen molar-refractivity contribution in [1.29, 1.82) is 0 Å². The molecule has 1 atom stereocenters. The summed E-state index contributed by atoms with van der Waals surface area (Å²) in [7, 11) is -3.64. The third-order valence-electron chi connectivity index (χ3n) is 7.16. The number of piperidine rings is 1. The molecule has 4 heterocycles. The van der Waals surface area contributed by atoms with Crippen LogP contribution in [0.25, 0.3) is 10.2 Å². The monoisotopic (exact) mass is 564 g/mol. The van der Waals surface area contributed by atoms with E-state index in [4.69, 9.17) is 14.5 Å². The fourth-order valence-corrected chi connectivity index (χ4v) is 7.82. The number of anilines is 1. The second-order valence-corrected chi connectivity index (χ2v) is 12.5. The van der Waals surface area contributed by atoms with Crippen molar-refractivity contribution in [2.75, 3.05) is 18.2 Å². The Morgan fingerprint density at radius 2 is 1.92 bits per heavy atom. The Kier molecular flexibility index (Phi) is 6.96. The minimum atomic E-state index is -3.64. The van der Waals surface area contributed by atoms with Crippen molar-refractivity contribution in [1.82, 2.24) is 14.3 Å². The number of rotatable bonds is 7. The Hall–Kier alpha value is -3.54. The highest BCUT2D eigenvalue weighted by molar-refractivity contribution is 7.89. The van der Waals surface area contributed by atoms with Gasteiger partial charge < -0.3 is 9.47 Å². The van der Waals surface area contributed by atoms with Gasteiger partial charge in [-0.15, -0.1) is 0 Å². The van der Waals surface area contributed by atoms with Crippen LogP contribution in [0.4, 0.5) is 5.13 Å². The molecular formula is C28H28N4O5S2. The first kappa shape index (κ1) is 25.7. The first-order valence-corrected chi connectivity index (χ1v) is 15.2. The molecule has 0 N–H and O–H groups in total. The normalized spacial score (nSPS) is 17.4. The van der Waals surface area contributed by atoms with Crippen molar-refractivity contribution < 1.29 is 22.7 Å². The van der Waals surface area contributed by atoms with Crippen molar-refractivity contribution in [2.45, 2.75) is 50.1 Å². The lowest BCUT2D eigenvalue weighted by molar-refractivity contribution is 0.0985. The predicted octanol–water partition coefficient (Wildman–Crippen LogP) is 5.22. The molecule has 0 bridgehead atoms. The molecule has 0 radical (unpaired) electrons. The fourth-order valence-electron chi connectivity index (χ4n) is 5.08. The summed E-state index contributed by atoms with van der Waals surface area (Å²) in [6.45, 7) is 2.98. The van der Waals surface area contributed by atoms with E-state index in [1.165, 1.54) is 23.5 Å². The molecule has 1 amide bonds. The molecule has 4 aromatic rings. The van der Waals surface area contributed by atoms with Gasteiger partial charge in [0.05, 0.1) is 21.7 Å². The lowest BCUT2D eigenvalue weighted by Crippen LogP contribution is -2.43. The number of nitrogens with zero attached hydrogens (tertiary/aromatic N) is 4. The molecule has 2 aliphatic heterocycles. The second kappa shape index (κ2) is 10.6. The zero-order valence-corrected chi connectivity index (χ0v) is 23.1. The maximum Gasteiger partial charge on any atom is 0.260 e. The SMILES string of the molecule is CCC1CCCCN1S(=O)(=O)c1ccc(C(=O)N(Cc2cccnc2)c2nc3cc4c(cc3s2)OCO4)cc1. The van der Waals surface area contributed by atoms with Gasteiger partial charge >= 0.3 is 0 Å².